The molecule has 94 valence electrons. The standard InChI is InChI=1S/C11H11N3O3S/c1-18(15,16)9-4-2-8(3-5-9)17-11-10(12)13-6-7-14-11/h2-7H,1H3,(H2,12,13). The minimum absolute atomic E-state index is 0.171. The van der Waals surface area contributed by atoms with Crippen molar-refractivity contribution in [1.82, 2.24) is 9.97 Å². The quantitative estimate of drug-likeness (QED) is 0.897. The molecule has 0 atom stereocenters. The van der Waals surface area contributed by atoms with Crippen LogP contribution in [0.1, 0.15) is 0 Å². The van der Waals surface area contributed by atoms with E-state index in [1.54, 1.807) is 0 Å². The SMILES string of the molecule is CS(=O)(=O)c1ccc(Oc2nccnc2N)cc1. The normalized spacial score (nSPS) is 11.2. The van der Waals surface area contributed by atoms with Crippen LogP contribution in [0.15, 0.2) is 41.6 Å². The molecule has 2 N–H and O–H groups in total. The number of aromatic nitrogens is 2. The van der Waals surface area contributed by atoms with E-state index >= 15 is 0 Å². The zero-order valence-corrected chi connectivity index (χ0v) is 10.4. The fourth-order valence-electron chi connectivity index (χ4n) is 1.28. The van der Waals surface area contributed by atoms with Crippen LogP contribution in [0.2, 0.25) is 0 Å². The van der Waals surface area contributed by atoms with Crippen molar-refractivity contribution in [3.05, 3.63) is 36.7 Å². The molecule has 0 aliphatic rings. The first-order valence-electron chi connectivity index (χ1n) is 5.01. The van der Waals surface area contributed by atoms with Crippen molar-refractivity contribution in [3.8, 4) is 11.6 Å². The van der Waals surface area contributed by atoms with Gasteiger partial charge in [-0.2, -0.15) is 0 Å². The largest absolute Gasteiger partial charge is 0.436 e. The van der Waals surface area contributed by atoms with Gasteiger partial charge in [0.05, 0.1) is 4.90 Å². The highest BCUT2D eigenvalue weighted by atomic mass is 32.2. The molecular weight excluding hydrogens is 254 g/mol. The first-order valence-corrected chi connectivity index (χ1v) is 6.90. The van der Waals surface area contributed by atoms with Gasteiger partial charge in [-0.05, 0) is 24.3 Å². The number of rotatable bonds is 3. The fourth-order valence-corrected chi connectivity index (χ4v) is 1.91. The molecule has 0 aliphatic carbocycles. The molecule has 0 fully saturated rings. The van der Waals surface area contributed by atoms with Crippen molar-refractivity contribution >= 4 is 15.7 Å². The highest BCUT2D eigenvalue weighted by Gasteiger charge is 2.08. The second-order valence-electron chi connectivity index (χ2n) is 3.59. The van der Waals surface area contributed by atoms with Gasteiger partial charge in [-0.1, -0.05) is 0 Å². The fraction of sp³-hybridized carbons (Fsp3) is 0.0909. The lowest BCUT2D eigenvalue weighted by atomic mass is 10.3. The van der Waals surface area contributed by atoms with E-state index in [1.807, 2.05) is 0 Å². The van der Waals surface area contributed by atoms with Gasteiger partial charge in [-0.25, -0.2) is 18.4 Å². The molecule has 1 heterocycles. The smallest absolute Gasteiger partial charge is 0.262 e. The van der Waals surface area contributed by atoms with Crippen LogP contribution in [0.5, 0.6) is 11.6 Å². The van der Waals surface area contributed by atoms with E-state index in [1.165, 1.54) is 36.7 Å². The van der Waals surface area contributed by atoms with Gasteiger partial charge in [0.15, 0.2) is 15.7 Å². The lowest BCUT2D eigenvalue weighted by Gasteiger charge is -2.06. The summed E-state index contributed by atoms with van der Waals surface area (Å²) < 4.78 is 27.9. The van der Waals surface area contributed by atoms with Gasteiger partial charge in [0.25, 0.3) is 5.88 Å². The number of benzene rings is 1. The summed E-state index contributed by atoms with van der Waals surface area (Å²) in [5.41, 5.74) is 5.57. The van der Waals surface area contributed by atoms with Crippen LogP contribution in [0.4, 0.5) is 5.82 Å². The molecule has 0 aliphatic heterocycles. The number of nitrogens with zero attached hydrogens (tertiary/aromatic N) is 2. The summed E-state index contributed by atoms with van der Waals surface area (Å²) >= 11 is 0. The third-order valence-corrected chi connectivity index (χ3v) is 3.29. The Hall–Kier alpha value is -2.15. The van der Waals surface area contributed by atoms with Crippen LogP contribution in [0.3, 0.4) is 0 Å². The number of hydrogen-bond acceptors (Lipinski definition) is 6. The monoisotopic (exact) mass is 265 g/mol. The topological polar surface area (TPSA) is 95.2 Å². The van der Waals surface area contributed by atoms with Crippen LogP contribution in [-0.2, 0) is 9.84 Å². The third kappa shape index (κ3) is 2.75. The van der Waals surface area contributed by atoms with E-state index < -0.39 is 9.84 Å². The average molecular weight is 265 g/mol. The van der Waals surface area contributed by atoms with Gasteiger partial charge in [0, 0.05) is 18.6 Å². The third-order valence-electron chi connectivity index (χ3n) is 2.16. The molecule has 0 saturated carbocycles. The van der Waals surface area contributed by atoms with Gasteiger partial charge in [0.1, 0.15) is 5.75 Å². The summed E-state index contributed by atoms with van der Waals surface area (Å²) in [5.74, 6) is 0.795. The lowest BCUT2D eigenvalue weighted by Crippen LogP contribution is -1.98. The van der Waals surface area contributed by atoms with Crippen LogP contribution in [0, 0.1) is 0 Å². The molecule has 6 nitrogen and oxygen atoms in total. The second-order valence-corrected chi connectivity index (χ2v) is 5.61. The Bertz CT molecular complexity index is 653. The van der Waals surface area contributed by atoms with Crippen molar-refractivity contribution in [1.29, 1.82) is 0 Å². The summed E-state index contributed by atoms with van der Waals surface area (Å²) in [4.78, 5) is 7.97. The van der Waals surface area contributed by atoms with E-state index in [2.05, 4.69) is 9.97 Å². The predicted octanol–water partition coefficient (Wildman–Crippen LogP) is 1.25. The molecule has 7 heteroatoms. The first kappa shape index (κ1) is 12.3. The summed E-state index contributed by atoms with van der Waals surface area (Å²) in [5, 5.41) is 0. The number of ether oxygens (including phenoxy) is 1. The van der Waals surface area contributed by atoms with Gasteiger partial charge >= 0.3 is 0 Å². The van der Waals surface area contributed by atoms with Gasteiger partial charge in [-0.15, -0.1) is 0 Å². The maximum atomic E-state index is 11.3. The van der Waals surface area contributed by atoms with Crippen molar-refractivity contribution < 1.29 is 13.2 Å². The number of hydrogen-bond donors (Lipinski definition) is 1. The molecule has 0 spiro atoms. The predicted molar refractivity (Wildman–Crippen MR) is 66.1 cm³/mol. The number of nitrogen functional groups attached to an aromatic ring is 1. The van der Waals surface area contributed by atoms with Crippen LogP contribution in [0.25, 0.3) is 0 Å². The Morgan fingerprint density at radius 3 is 2.28 bits per heavy atom. The molecule has 0 unspecified atom stereocenters. The molecule has 18 heavy (non-hydrogen) atoms. The van der Waals surface area contributed by atoms with Crippen LogP contribution in [-0.4, -0.2) is 24.6 Å². The maximum Gasteiger partial charge on any atom is 0.262 e. The lowest BCUT2D eigenvalue weighted by molar-refractivity contribution is 0.463. The number of anilines is 1. The van der Waals surface area contributed by atoms with E-state index in [-0.39, 0.29) is 16.6 Å². The van der Waals surface area contributed by atoms with Crippen molar-refractivity contribution in [2.75, 3.05) is 12.0 Å². The Kier molecular flexibility index (Phi) is 3.15. The maximum absolute atomic E-state index is 11.3. The van der Waals surface area contributed by atoms with Crippen LogP contribution < -0.4 is 10.5 Å². The zero-order valence-electron chi connectivity index (χ0n) is 9.57. The van der Waals surface area contributed by atoms with Gasteiger partial charge < -0.3 is 10.5 Å². The van der Waals surface area contributed by atoms with Gasteiger partial charge in [0.2, 0.25) is 0 Å². The molecule has 0 radical (unpaired) electrons. The minimum atomic E-state index is -3.21. The Labute approximate surface area is 104 Å². The zero-order chi connectivity index (χ0) is 13.2. The summed E-state index contributed by atoms with van der Waals surface area (Å²) in [6.45, 7) is 0. The molecule has 0 bridgehead atoms. The summed E-state index contributed by atoms with van der Waals surface area (Å²) in [7, 11) is -3.21. The van der Waals surface area contributed by atoms with E-state index in [0.29, 0.717) is 5.75 Å². The Balaban J connectivity index is 2.24. The summed E-state index contributed by atoms with van der Waals surface area (Å²) in [6.07, 6.45) is 4.05. The van der Waals surface area contributed by atoms with Crippen molar-refractivity contribution in [3.63, 3.8) is 0 Å². The molecule has 2 rings (SSSR count). The number of nitrogens with two attached hydrogens (primary N) is 1. The second kappa shape index (κ2) is 4.61. The average Bonchev–Trinajstić information content (AvgIpc) is 2.32. The molecule has 2 aromatic rings. The summed E-state index contributed by atoms with van der Waals surface area (Å²) in [6, 6.07) is 5.98. The minimum Gasteiger partial charge on any atom is -0.436 e. The molecule has 0 saturated heterocycles. The Morgan fingerprint density at radius 1 is 1.11 bits per heavy atom. The molecule has 0 amide bonds. The number of sulfone groups is 1. The molecular formula is C11H11N3O3S. The molecule has 1 aromatic heterocycles. The first-order chi connectivity index (χ1) is 8.47. The highest BCUT2D eigenvalue weighted by molar-refractivity contribution is 7.90. The molecule has 1 aromatic carbocycles. The van der Waals surface area contributed by atoms with Crippen LogP contribution >= 0.6 is 0 Å². The van der Waals surface area contributed by atoms with Crippen molar-refractivity contribution in [2.45, 2.75) is 4.90 Å². The van der Waals surface area contributed by atoms with E-state index in [9.17, 15) is 8.42 Å². The van der Waals surface area contributed by atoms with E-state index in [0.717, 1.165) is 6.26 Å². The highest BCUT2D eigenvalue weighted by Crippen LogP contribution is 2.23. The Morgan fingerprint density at radius 2 is 1.72 bits per heavy atom. The van der Waals surface area contributed by atoms with E-state index in [4.69, 9.17) is 10.5 Å². The van der Waals surface area contributed by atoms with Crippen molar-refractivity contribution in [2.24, 2.45) is 0 Å². The van der Waals surface area contributed by atoms with Gasteiger partial charge in [-0.3, -0.25) is 0 Å².